The zero-order valence-electron chi connectivity index (χ0n) is 40.2. The SMILES string of the molecule is CCCCCCCCCCCCCCCCCCCCCCCC(=O)NC(COP(=O)(O)OCC(O)COC(=O)CCCCCCCCCCCCCCCCCCC)C(=O)O. The Bertz CT molecular complexity index is 1060. The number of aliphatic hydroxyl groups is 1. The molecule has 0 radical (unpaired) electrons. The molecule has 0 rings (SSSR count). The number of phosphoric acid groups is 1. The quantitative estimate of drug-likeness (QED) is 0.0262. The predicted octanol–water partition coefficient (Wildman–Crippen LogP) is 14.2. The lowest BCUT2D eigenvalue weighted by Crippen LogP contribution is -2.43. The fraction of sp³-hybridized carbons (Fsp3) is 0.940. The van der Waals surface area contributed by atoms with Crippen LogP contribution in [0.2, 0.25) is 0 Å². The number of aliphatic hydroxyl groups excluding tert-OH is 1. The number of rotatable bonds is 50. The van der Waals surface area contributed by atoms with Crippen molar-refractivity contribution in [2.24, 2.45) is 0 Å². The van der Waals surface area contributed by atoms with Crippen molar-refractivity contribution in [3.8, 4) is 0 Å². The molecule has 0 spiro atoms. The average molecular weight is 904 g/mol. The van der Waals surface area contributed by atoms with Gasteiger partial charge in [-0.05, 0) is 12.8 Å². The highest BCUT2D eigenvalue weighted by Crippen LogP contribution is 2.43. The zero-order valence-corrected chi connectivity index (χ0v) is 41.1. The number of esters is 1. The Balaban J connectivity index is 3.77. The minimum absolute atomic E-state index is 0.153. The van der Waals surface area contributed by atoms with E-state index in [2.05, 4.69) is 19.2 Å². The molecule has 0 aliphatic heterocycles. The molecule has 0 aliphatic rings. The normalized spacial score (nSPS) is 13.5. The van der Waals surface area contributed by atoms with Crippen molar-refractivity contribution in [3.63, 3.8) is 0 Å². The smallest absolute Gasteiger partial charge is 0.472 e. The number of carbonyl (C=O) groups excluding carboxylic acids is 2. The third-order valence-corrected chi connectivity index (χ3v) is 12.8. The Kier molecular flexibility index (Phi) is 44.9. The maximum absolute atomic E-state index is 12.4. The van der Waals surface area contributed by atoms with Crippen LogP contribution in [-0.2, 0) is 32.7 Å². The Labute approximate surface area is 380 Å². The van der Waals surface area contributed by atoms with E-state index >= 15 is 0 Å². The van der Waals surface area contributed by atoms with Gasteiger partial charge in [-0.1, -0.05) is 245 Å². The molecule has 0 fully saturated rings. The van der Waals surface area contributed by atoms with Crippen LogP contribution in [0.1, 0.15) is 271 Å². The summed E-state index contributed by atoms with van der Waals surface area (Å²) < 4.78 is 27.0. The largest absolute Gasteiger partial charge is 0.480 e. The highest BCUT2D eigenvalue weighted by molar-refractivity contribution is 7.47. The second kappa shape index (κ2) is 46.0. The molecule has 3 unspecified atom stereocenters. The van der Waals surface area contributed by atoms with Crippen molar-refractivity contribution >= 4 is 25.7 Å². The molecule has 0 bridgehead atoms. The average Bonchev–Trinajstić information content (AvgIpc) is 3.25. The van der Waals surface area contributed by atoms with Gasteiger partial charge in [0.25, 0.3) is 0 Å². The van der Waals surface area contributed by atoms with Crippen molar-refractivity contribution in [2.75, 3.05) is 19.8 Å². The van der Waals surface area contributed by atoms with Gasteiger partial charge in [0.1, 0.15) is 12.7 Å². The van der Waals surface area contributed by atoms with Crippen LogP contribution in [0, 0.1) is 0 Å². The molecule has 0 saturated heterocycles. The first kappa shape index (κ1) is 60.5. The second-order valence-corrected chi connectivity index (χ2v) is 19.5. The third-order valence-electron chi connectivity index (χ3n) is 11.9. The van der Waals surface area contributed by atoms with Crippen molar-refractivity contribution < 1.29 is 47.8 Å². The van der Waals surface area contributed by atoms with Crippen LogP contribution in [0.25, 0.3) is 0 Å². The fourth-order valence-corrected chi connectivity index (χ4v) is 8.62. The number of nitrogens with one attached hydrogen (secondary N) is 1. The van der Waals surface area contributed by atoms with Crippen molar-refractivity contribution in [1.29, 1.82) is 0 Å². The number of phosphoric ester groups is 1. The van der Waals surface area contributed by atoms with Gasteiger partial charge in [-0.15, -0.1) is 0 Å². The summed E-state index contributed by atoms with van der Waals surface area (Å²) in [6.45, 7) is 2.66. The minimum atomic E-state index is -4.75. The van der Waals surface area contributed by atoms with Gasteiger partial charge in [-0.25, -0.2) is 9.36 Å². The summed E-state index contributed by atoms with van der Waals surface area (Å²) in [6, 6.07) is -1.54. The van der Waals surface area contributed by atoms with Crippen LogP contribution in [0.3, 0.4) is 0 Å². The molecule has 11 nitrogen and oxygen atoms in total. The lowest BCUT2D eigenvalue weighted by Gasteiger charge is -2.18. The highest BCUT2D eigenvalue weighted by atomic mass is 31.2. The van der Waals surface area contributed by atoms with E-state index in [1.165, 1.54) is 193 Å². The van der Waals surface area contributed by atoms with E-state index in [9.17, 15) is 34.1 Å². The third kappa shape index (κ3) is 45.1. The number of unbranched alkanes of at least 4 members (excludes halogenated alkanes) is 36. The highest BCUT2D eigenvalue weighted by Gasteiger charge is 2.28. The zero-order chi connectivity index (χ0) is 45.6. The van der Waals surface area contributed by atoms with Crippen molar-refractivity contribution in [1.82, 2.24) is 5.32 Å². The van der Waals surface area contributed by atoms with Crippen LogP contribution in [0.15, 0.2) is 0 Å². The Morgan fingerprint density at radius 2 is 0.742 bits per heavy atom. The molecular formula is C50H98NO10P. The number of amides is 1. The predicted molar refractivity (Wildman–Crippen MR) is 254 cm³/mol. The monoisotopic (exact) mass is 904 g/mol. The summed E-state index contributed by atoms with van der Waals surface area (Å²) in [6.07, 6.45) is 47.0. The number of carbonyl (C=O) groups is 3. The van der Waals surface area contributed by atoms with Crippen LogP contribution in [-0.4, -0.2) is 64.9 Å². The summed E-state index contributed by atoms with van der Waals surface area (Å²) in [5.41, 5.74) is 0. The van der Waals surface area contributed by atoms with Crippen LogP contribution in [0.5, 0.6) is 0 Å². The molecule has 0 heterocycles. The minimum Gasteiger partial charge on any atom is -0.480 e. The summed E-state index contributed by atoms with van der Waals surface area (Å²) >= 11 is 0. The molecule has 0 aromatic heterocycles. The first-order chi connectivity index (χ1) is 30.1. The Morgan fingerprint density at radius 3 is 1.06 bits per heavy atom. The Morgan fingerprint density at radius 1 is 0.452 bits per heavy atom. The van der Waals surface area contributed by atoms with E-state index < -0.39 is 57.6 Å². The van der Waals surface area contributed by atoms with Gasteiger partial charge >= 0.3 is 19.8 Å². The van der Waals surface area contributed by atoms with Gasteiger partial charge < -0.3 is 25.2 Å². The van der Waals surface area contributed by atoms with Crippen molar-refractivity contribution in [3.05, 3.63) is 0 Å². The van der Waals surface area contributed by atoms with Gasteiger partial charge in [0.2, 0.25) is 5.91 Å². The standard InChI is InChI=1S/C50H98NO10P/c1-3-5-7-9-11-13-15-17-19-21-22-23-24-26-27-29-31-33-35-37-39-41-48(53)51-47(50(55)56)45-61-62(57,58)60-44-46(52)43-59-49(54)42-40-38-36-34-32-30-28-25-20-18-16-14-12-10-8-6-4-2/h46-47,52H,3-45H2,1-2H3,(H,51,53)(H,55,56)(H,57,58). The first-order valence-corrected chi connectivity index (χ1v) is 27.6. The summed E-state index contributed by atoms with van der Waals surface area (Å²) in [5.74, 6) is -2.35. The van der Waals surface area contributed by atoms with Gasteiger partial charge in [-0.2, -0.15) is 0 Å². The van der Waals surface area contributed by atoms with Crippen LogP contribution < -0.4 is 5.32 Å². The lowest BCUT2D eigenvalue weighted by atomic mass is 10.0. The maximum atomic E-state index is 12.4. The number of carboxylic acids is 1. The first-order valence-electron chi connectivity index (χ1n) is 26.1. The van der Waals surface area contributed by atoms with E-state index in [0.29, 0.717) is 12.8 Å². The number of ether oxygens (including phenoxy) is 1. The molecule has 0 aromatic carbocycles. The summed E-state index contributed by atoms with van der Waals surface area (Å²) in [5, 5.41) is 21.9. The van der Waals surface area contributed by atoms with Crippen LogP contribution >= 0.6 is 7.82 Å². The van der Waals surface area contributed by atoms with Crippen molar-refractivity contribution in [2.45, 2.75) is 283 Å². The number of aliphatic carboxylic acids is 1. The summed E-state index contributed by atoms with van der Waals surface area (Å²) in [4.78, 5) is 46.1. The van der Waals surface area contributed by atoms with Gasteiger partial charge in [0.05, 0.1) is 13.2 Å². The second-order valence-electron chi connectivity index (χ2n) is 18.1. The maximum Gasteiger partial charge on any atom is 0.472 e. The van der Waals surface area contributed by atoms with Gasteiger partial charge in [0.15, 0.2) is 6.04 Å². The Hall–Kier alpha value is -1.52. The molecule has 368 valence electrons. The molecule has 1 amide bonds. The van der Waals surface area contributed by atoms with E-state index in [1.807, 2.05) is 0 Å². The number of hydrogen-bond donors (Lipinski definition) is 4. The van der Waals surface area contributed by atoms with E-state index in [1.54, 1.807) is 0 Å². The summed E-state index contributed by atoms with van der Waals surface area (Å²) in [7, 11) is -4.75. The van der Waals surface area contributed by atoms with E-state index in [4.69, 9.17) is 13.8 Å². The topological polar surface area (TPSA) is 169 Å². The molecule has 12 heteroatoms. The number of hydrogen-bond acceptors (Lipinski definition) is 8. The number of carboxylic acid groups (broad SMARTS) is 1. The van der Waals surface area contributed by atoms with E-state index in [-0.39, 0.29) is 12.8 Å². The molecular weight excluding hydrogens is 806 g/mol. The lowest BCUT2D eigenvalue weighted by molar-refractivity contribution is -0.147. The molecule has 0 aromatic rings. The van der Waals surface area contributed by atoms with Gasteiger partial charge in [-0.3, -0.25) is 18.6 Å². The molecule has 62 heavy (non-hydrogen) atoms. The molecule has 0 saturated carbocycles. The van der Waals surface area contributed by atoms with E-state index in [0.717, 1.165) is 38.5 Å². The van der Waals surface area contributed by atoms with Gasteiger partial charge in [0, 0.05) is 12.8 Å². The molecule has 4 N–H and O–H groups in total. The molecule has 0 aliphatic carbocycles. The molecule has 3 atom stereocenters. The van der Waals surface area contributed by atoms with Crippen LogP contribution in [0.4, 0.5) is 0 Å². The fourth-order valence-electron chi connectivity index (χ4n) is 7.85.